The zero-order valence-corrected chi connectivity index (χ0v) is 12.4. The largest absolute Gasteiger partial charge is 0.478 e. The highest BCUT2D eigenvalue weighted by molar-refractivity contribution is 7.10. The Balaban J connectivity index is 1.77. The number of benzene rings is 1. The normalized spacial score (nSPS) is 9.45. The van der Waals surface area contributed by atoms with E-state index in [-0.39, 0.29) is 18.7 Å². The number of carbonyl (C=O) groups is 2. The second kappa shape index (κ2) is 7.86. The van der Waals surface area contributed by atoms with Gasteiger partial charge in [0, 0.05) is 0 Å². The first-order chi connectivity index (χ1) is 10.7. The summed E-state index contributed by atoms with van der Waals surface area (Å²) in [5.74, 6) is 4.41. The molecule has 0 aliphatic rings. The van der Waals surface area contributed by atoms with E-state index in [9.17, 15) is 9.59 Å². The first-order valence-corrected chi connectivity index (χ1v) is 7.29. The molecule has 112 valence electrons. The number of amides is 1. The highest BCUT2D eigenvalue weighted by Crippen LogP contribution is 2.14. The summed E-state index contributed by atoms with van der Waals surface area (Å²) >= 11 is 1.25. The Morgan fingerprint density at radius 3 is 2.73 bits per heavy atom. The molecule has 6 heteroatoms. The molecule has 0 saturated carbocycles. The lowest BCUT2D eigenvalue weighted by Crippen LogP contribution is -2.24. The number of carbonyl (C=O) groups excluding carboxylic acids is 1. The molecule has 2 aromatic rings. The lowest BCUT2D eigenvalue weighted by Gasteiger charge is -2.04. The van der Waals surface area contributed by atoms with E-state index >= 15 is 0 Å². The number of carboxylic acid groups (broad SMARTS) is 1. The minimum Gasteiger partial charge on any atom is -0.478 e. The first-order valence-electron chi connectivity index (χ1n) is 6.41. The Hall–Kier alpha value is -2.78. The second-order valence-electron chi connectivity index (χ2n) is 4.19. The van der Waals surface area contributed by atoms with Crippen LogP contribution in [0.1, 0.15) is 20.8 Å². The fourth-order valence-electron chi connectivity index (χ4n) is 1.59. The quantitative estimate of drug-likeness (QED) is 0.851. The van der Waals surface area contributed by atoms with Gasteiger partial charge in [0.2, 0.25) is 0 Å². The van der Waals surface area contributed by atoms with Crippen molar-refractivity contribution in [1.29, 1.82) is 0 Å². The van der Waals surface area contributed by atoms with Crippen molar-refractivity contribution in [2.24, 2.45) is 0 Å². The molecule has 0 spiro atoms. The molecular formula is C16H13NO4S. The maximum absolute atomic E-state index is 11.5. The van der Waals surface area contributed by atoms with Gasteiger partial charge in [-0.05, 0) is 17.0 Å². The molecule has 0 fully saturated rings. The number of ether oxygens (including phenoxy) is 1. The summed E-state index contributed by atoms with van der Waals surface area (Å²) < 4.78 is 5.02. The summed E-state index contributed by atoms with van der Waals surface area (Å²) in [5, 5.41) is 13.1. The van der Waals surface area contributed by atoms with E-state index in [1.54, 1.807) is 5.38 Å². The van der Waals surface area contributed by atoms with E-state index in [1.807, 2.05) is 30.3 Å². The number of hydrogen-bond acceptors (Lipinski definition) is 4. The van der Waals surface area contributed by atoms with Gasteiger partial charge in [-0.25, -0.2) is 9.59 Å². The SMILES string of the molecule is O=C(NCC#Cc1sccc1C(=O)O)OCc1ccccc1. The predicted molar refractivity (Wildman–Crippen MR) is 82.8 cm³/mol. The average Bonchev–Trinajstić information content (AvgIpc) is 2.99. The van der Waals surface area contributed by atoms with Crippen molar-refractivity contribution in [3.63, 3.8) is 0 Å². The Kier molecular flexibility index (Phi) is 5.57. The molecule has 1 amide bonds. The fraction of sp³-hybridized carbons (Fsp3) is 0.125. The van der Waals surface area contributed by atoms with Crippen LogP contribution in [-0.2, 0) is 11.3 Å². The molecule has 5 nitrogen and oxygen atoms in total. The number of thiophene rings is 1. The Morgan fingerprint density at radius 2 is 2.00 bits per heavy atom. The first kappa shape index (κ1) is 15.6. The maximum Gasteiger partial charge on any atom is 0.408 e. The van der Waals surface area contributed by atoms with Gasteiger partial charge in [-0.15, -0.1) is 11.3 Å². The van der Waals surface area contributed by atoms with Crippen molar-refractivity contribution in [3.8, 4) is 11.8 Å². The summed E-state index contributed by atoms with van der Waals surface area (Å²) in [6.07, 6.45) is -0.567. The van der Waals surface area contributed by atoms with Gasteiger partial charge in [0.05, 0.1) is 17.0 Å². The fourth-order valence-corrected chi connectivity index (χ4v) is 2.34. The van der Waals surface area contributed by atoms with Crippen LogP contribution in [0.15, 0.2) is 41.8 Å². The van der Waals surface area contributed by atoms with Gasteiger partial charge in [-0.2, -0.15) is 0 Å². The van der Waals surface area contributed by atoms with Gasteiger partial charge >= 0.3 is 12.1 Å². The molecule has 0 unspecified atom stereocenters. The van der Waals surface area contributed by atoms with Crippen LogP contribution in [0.4, 0.5) is 4.79 Å². The Bertz CT molecular complexity index is 712. The van der Waals surface area contributed by atoms with Crippen molar-refractivity contribution in [2.45, 2.75) is 6.61 Å². The molecule has 0 aliphatic heterocycles. The molecular weight excluding hydrogens is 302 g/mol. The monoisotopic (exact) mass is 315 g/mol. The minimum atomic E-state index is -1.01. The molecule has 0 saturated heterocycles. The minimum absolute atomic E-state index is 0.0879. The van der Waals surface area contributed by atoms with Crippen LogP contribution >= 0.6 is 11.3 Å². The van der Waals surface area contributed by atoms with Crippen molar-refractivity contribution < 1.29 is 19.4 Å². The van der Waals surface area contributed by atoms with E-state index in [1.165, 1.54) is 17.4 Å². The summed E-state index contributed by atoms with van der Waals surface area (Å²) in [6, 6.07) is 10.8. The number of nitrogens with one attached hydrogen (secondary N) is 1. The third kappa shape index (κ3) is 4.65. The van der Waals surface area contributed by atoms with E-state index in [2.05, 4.69) is 17.2 Å². The lowest BCUT2D eigenvalue weighted by molar-refractivity contribution is 0.0697. The molecule has 0 radical (unpaired) electrons. The van der Waals surface area contributed by atoms with Gasteiger partial charge in [0.15, 0.2) is 0 Å². The number of hydrogen-bond donors (Lipinski definition) is 2. The third-order valence-corrected chi connectivity index (χ3v) is 3.46. The van der Waals surface area contributed by atoms with Crippen molar-refractivity contribution >= 4 is 23.4 Å². The number of aromatic carboxylic acids is 1. The molecule has 1 aromatic carbocycles. The van der Waals surface area contributed by atoms with E-state index in [0.29, 0.717) is 4.88 Å². The zero-order valence-electron chi connectivity index (χ0n) is 11.5. The summed E-state index contributed by atoms with van der Waals surface area (Å²) in [6.45, 7) is 0.277. The third-order valence-electron chi connectivity index (χ3n) is 2.63. The van der Waals surface area contributed by atoms with Gasteiger partial charge in [0.25, 0.3) is 0 Å². The van der Waals surface area contributed by atoms with Gasteiger partial charge in [0.1, 0.15) is 6.61 Å². The van der Waals surface area contributed by atoms with Gasteiger partial charge < -0.3 is 15.2 Å². The predicted octanol–water partition coefficient (Wildman–Crippen LogP) is 2.72. The number of carboxylic acids is 1. The number of alkyl carbamates (subject to hydrolysis) is 1. The molecule has 1 heterocycles. The standard InChI is InChI=1S/C16H13NO4S/c18-15(19)13-8-10-22-14(13)7-4-9-17-16(20)21-11-12-5-2-1-3-6-12/h1-3,5-6,8,10H,9,11H2,(H,17,20)(H,18,19). The smallest absolute Gasteiger partial charge is 0.408 e. The van der Waals surface area contributed by atoms with Crippen molar-refractivity contribution in [3.05, 3.63) is 57.8 Å². The summed E-state index contributed by atoms with van der Waals surface area (Å²) in [5.41, 5.74) is 1.07. The molecule has 22 heavy (non-hydrogen) atoms. The van der Waals surface area contributed by atoms with Crippen molar-refractivity contribution in [2.75, 3.05) is 6.54 Å². The number of rotatable bonds is 4. The Morgan fingerprint density at radius 1 is 1.23 bits per heavy atom. The Labute approximate surface area is 131 Å². The van der Waals surface area contributed by atoms with Gasteiger partial charge in [-0.1, -0.05) is 42.2 Å². The highest BCUT2D eigenvalue weighted by Gasteiger charge is 2.08. The van der Waals surface area contributed by atoms with Crippen LogP contribution in [0.5, 0.6) is 0 Å². The van der Waals surface area contributed by atoms with Crippen LogP contribution in [0.25, 0.3) is 0 Å². The highest BCUT2D eigenvalue weighted by atomic mass is 32.1. The van der Waals surface area contributed by atoms with Crippen LogP contribution in [0.2, 0.25) is 0 Å². The van der Waals surface area contributed by atoms with E-state index < -0.39 is 12.1 Å². The van der Waals surface area contributed by atoms with Crippen LogP contribution in [-0.4, -0.2) is 23.7 Å². The van der Waals surface area contributed by atoms with Crippen LogP contribution in [0.3, 0.4) is 0 Å². The zero-order chi connectivity index (χ0) is 15.8. The second-order valence-corrected chi connectivity index (χ2v) is 5.10. The van der Waals surface area contributed by atoms with Crippen molar-refractivity contribution in [1.82, 2.24) is 5.32 Å². The molecule has 0 bridgehead atoms. The van der Waals surface area contributed by atoms with E-state index in [0.717, 1.165) is 5.56 Å². The summed E-state index contributed by atoms with van der Waals surface area (Å²) in [4.78, 5) is 22.8. The lowest BCUT2D eigenvalue weighted by atomic mass is 10.2. The summed E-state index contributed by atoms with van der Waals surface area (Å²) in [7, 11) is 0. The molecule has 2 N–H and O–H groups in total. The average molecular weight is 315 g/mol. The molecule has 0 atom stereocenters. The topological polar surface area (TPSA) is 75.6 Å². The molecule has 1 aromatic heterocycles. The van der Waals surface area contributed by atoms with E-state index in [4.69, 9.17) is 9.84 Å². The van der Waals surface area contributed by atoms with Crippen LogP contribution in [0, 0.1) is 11.8 Å². The van der Waals surface area contributed by atoms with Crippen LogP contribution < -0.4 is 5.32 Å². The maximum atomic E-state index is 11.5. The van der Waals surface area contributed by atoms with Gasteiger partial charge in [-0.3, -0.25) is 0 Å². The molecule has 0 aliphatic carbocycles. The molecule has 2 rings (SSSR count).